The molecule has 0 saturated heterocycles. The zero-order valence-electron chi connectivity index (χ0n) is 14.5. The molecule has 3 heterocycles. The summed E-state index contributed by atoms with van der Waals surface area (Å²) in [5, 5.41) is 22.1. The van der Waals surface area contributed by atoms with Gasteiger partial charge in [0.1, 0.15) is 4.83 Å². The van der Waals surface area contributed by atoms with Crippen LogP contribution in [0.15, 0.2) is 24.4 Å². The van der Waals surface area contributed by atoms with Crippen LogP contribution in [-0.2, 0) is 6.54 Å². The summed E-state index contributed by atoms with van der Waals surface area (Å²) < 4.78 is 19.8. The highest BCUT2D eigenvalue weighted by molar-refractivity contribution is 7.26. The first kappa shape index (κ1) is 16.6. The molecule has 1 aromatic carbocycles. The molecular formula is C18H16FN5OS. The first-order chi connectivity index (χ1) is 12.6. The molecule has 0 unspecified atom stereocenters. The van der Waals surface area contributed by atoms with Gasteiger partial charge in [0.15, 0.2) is 17.4 Å². The number of nitrogens with zero attached hydrogens (tertiary/aromatic N) is 4. The highest BCUT2D eigenvalue weighted by atomic mass is 32.1. The third-order valence-electron chi connectivity index (χ3n) is 4.37. The SMILES string of the molecule is COc1ccc(CNc2nncc3c2sc2nnc(C)c(C)c23)cc1F. The smallest absolute Gasteiger partial charge is 0.167 e. The fourth-order valence-corrected chi connectivity index (χ4v) is 3.97. The van der Waals surface area contributed by atoms with Crippen molar-refractivity contribution in [2.45, 2.75) is 20.4 Å². The lowest BCUT2D eigenvalue weighted by atomic mass is 10.1. The number of methoxy groups -OCH3 is 1. The Labute approximate surface area is 153 Å². The average molecular weight is 369 g/mol. The molecule has 3 aromatic heterocycles. The molecule has 1 N–H and O–H groups in total. The fourth-order valence-electron chi connectivity index (χ4n) is 2.85. The molecule has 0 bridgehead atoms. The van der Waals surface area contributed by atoms with Crippen LogP contribution in [0.1, 0.15) is 16.8 Å². The summed E-state index contributed by atoms with van der Waals surface area (Å²) in [6.45, 7) is 4.40. The van der Waals surface area contributed by atoms with Crippen LogP contribution in [0.3, 0.4) is 0 Å². The van der Waals surface area contributed by atoms with Crippen LogP contribution in [0.4, 0.5) is 10.2 Å². The molecule has 0 atom stereocenters. The van der Waals surface area contributed by atoms with Crippen LogP contribution in [0.25, 0.3) is 20.3 Å². The Hall–Kier alpha value is -2.87. The van der Waals surface area contributed by atoms with Crippen LogP contribution < -0.4 is 10.1 Å². The molecule has 0 spiro atoms. The van der Waals surface area contributed by atoms with E-state index in [9.17, 15) is 4.39 Å². The molecule has 132 valence electrons. The third-order valence-corrected chi connectivity index (χ3v) is 5.47. The van der Waals surface area contributed by atoms with E-state index < -0.39 is 0 Å². The van der Waals surface area contributed by atoms with E-state index in [1.54, 1.807) is 12.3 Å². The van der Waals surface area contributed by atoms with Gasteiger partial charge < -0.3 is 10.1 Å². The highest BCUT2D eigenvalue weighted by Crippen LogP contribution is 2.37. The number of ether oxygens (including phenoxy) is 1. The van der Waals surface area contributed by atoms with Gasteiger partial charge in [0.25, 0.3) is 0 Å². The quantitative estimate of drug-likeness (QED) is 0.586. The lowest BCUT2D eigenvalue weighted by Gasteiger charge is -2.08. The van der Waals surface area contributed by atoms with Gasteiger partial charge in [-0.15, -0.1) is 21.5 Å². The minimum absolute atomic E-state index is 0.226. The number of nitrogens with one attached hydrogen (secondary N) is 1. The lowest BCUT2D eigenvalue weighted by molar-refractivity contribution is 0.386. The van der Waals surface area contributed by atoms with E-state index in [0.29, 0.717) is 12.4 Å². The van der Waals surface area contributed by atoms with Gasteiger partial charge in [0, 0.05) is 17.3 Å². The number of aryl methyl sites for hydroxylation is 2. The van der Waals surface area contributed by atoms with Crippen LogP contribution >= 0.6 is 11.3 Å². The van der Waals surface area contributed by atoms with Crippen molar-refractivity contribution in [1.82, 2.24) is 20.4 Å². The van der Waals surface area contributed by atoms with Crippen molar-refractivity contribution < 1.29 is 9.13 Å². The number of hydrogen-bond donors (Lipinski definition) is 1. The summed E-state index contributed by atoms with van der Waals surface area (Å²) in [5.74, 6) is 0.489. The predicted octanol–water partition coefficient (Wildman–Crippen LogP) is 4.01. The van der Waals surface area contributed by atoms with Crippen molar-refractivity contribution in [1.29, 1.82) is 0 Å². The van der Waals surface area contributed by atoms with Crippen molar-refractivity contribution in [2.75, 3.05) is 12.4 Å². The van der Waals surface area contributed by atoms with Gasteiger partial charge in [-0.1, -0.05) is 6.07 Å². The number of halogens is 1. The maximum atomic E-state index is 13.9. The Balaban J connectivity index is 1.71. The first-order valence-electron chi connectivity index (χ1n) is 8.02. The molecule has 4 aromatic rings. The van der Waals surface area contributed by atoms with Gasteiger partial charge >= 0.3 is 0 Å². The number of thiophene rings is 1. The Morgan fingerprint density at radius 3 is 2.81 bits per heavy atom. The largest absolute Gasteiger partial charge is 0.494 e. The Morgan fingerprint density at radius 1 is 1.19 bits per heavy atom. The third kappa shape index (κ3) is 2.72. The molecule has 0 amide bonds. The summed E-state index contributed by atoms with van der Waals surface area (Å²) in [4.78, 5) is 0.858. The Bertz CT molecular complexity index is 1130. The standard InChI is InChI=1S/C18H16FN5OS/c1-9-10(2)22-24-18-15(9)12-8-21-23-17(16(12)26-18)20-7-11-4-5-14(25-3)13(19)6-11/h4-6,8H,7H2,1-3H3,(H,20,23). The van der Waals surface area contributed by atoms with Crippen LogP contribution in [-0.4, -0.2) is 27.5 Å². The summed E-state index contributed by atoms with van der Waals surface area (Å²) in [6, 6.07) is 4.87. The lowest BCUT2D eigenvalue weighted by Crippen LogP contribution is -2.03. The second-order valence-electron chi connectivity index (χ2n) is 5.95. The number of anilines is 1. The van der Waals surface area contributed by atoms with E-state index in [-0.39, 0.29) is 11.6 Å². The molecule has 0 aliphatic carbocycles. The zero-order valence-corrected chi connectivity index (χ0v) is 15.3. The molecule has 6 nitrogen and oxygen atoms in total. The van der Waals surface area contributed by atoms with Crippen LogP contribution in [0.5, 0.6) is 5.75 Å². The molecule has 8 heteroatoms. The first-order valence-corrected chi connectivity index (χ1v) is 8.84. The molecule has 0 radical (unpaired) electrons. The van der Waals surface area contributed by atoms with Gasteiger partial charge in [0.05, 0.1) is 23.7 Å². The summed E-state index contributed by atoms with van der Waals surface area (Å²) >= 11 is 1.52. The maximum absolute atomic E-state index is 13.9. The molecule has 4 rings (SSSR count). The van der Waals surface area contributed by atoms with Crippen molar-refractivity contribution >= 4 is 37.5 Å². The molecule has 26 heavy (non-hydrogen) atoms. The number of fused-ring (bicyclic) bond motifs is 3. The van der Waals surface area contributed by atoms with Crippen LogP contribution in [0, 0.1) is 19.7 Å². The van der Waals surface area contributed by atoms with E-state index in [2.05, 4.69) is 25.7 Å². The minimum Gasteiger partial charge on any atom is -0.494 e. The van der Waals surface area contributed by atoms with Crippen molar-refractivity contribution in [2.24, 2.45) is 0 Å². The number of hydrogen-bond acceptors (Lipinski definition) is 7. The van der Waals surface area contributed by atoms with E-state index in [1.807, 2.05) is 19.9 Å². The zero-order chi connectivity index (χ0) is 18.3. The van der Waals surface area contributed by atoms with E-state index in [1.165, 1.54) is 24.5 Å². The monoisotopic (exact) mass is 369 g/mol. The highest BCUT2D eigenvalue weighted by Gasteiger charge is 2.15. The predicted molar refractivity (Wildman–Crippen MR) is 100 cm³/mol. The topological polar surface area (TPSA) is 72.8 Å². The summed E-state index contributed by atoms with van der Waals surface area (Å²) in [5.41, 5.74) is 2.78. The molecule has 0 fully saturated rings. The minimum atomic E-state index is -0.390. The summed E-state index contributed by atoms with van der Waals surface area (Å²) in [7, 11) is 1.45. The van der Waals surface area contributed by atoms with Gasteiger partial charge in [-0.2, -0.15) is 10.2 Å². The van der Waals surface area contributed by atoms with Crippen molar-refractivity contribution in [3.05, 3.63) is 47.0 Å². The molecule has 0 aliphatic rings. The van der Waals surface area contributed by atoms with Gasteiger partial charge in [-0.25, -0.2) is 4.39 Å². The van der Waals surface area contributed by atoms with E-state index in [0.717, 1.165) is 37.1 Å². The number of benzene rings is 1. The van der Waals surface area contributed by atoms with Gasteiger partial charge in [0.2, 0.25) is 0 Å². The van der Waals surface area contributed by atoms with Gasteiger partial charge in [-0.3, -0.25) is 0 Å². The second kappa shape index (κ2) is 6.45. The normalized spacial score (nSPS) is 11.2. The Kier molecular flexibility index (Phi) is 4.12. The maximum Gasteiger partial charge on any atom is 0.167 e. The van der Waals surface area contributed by atoms with Crippen LogP contribution in [0.2, 0.25) is 0 Å². The van der Waals surface area contributed by atoms with Crippen molar-refractivity contribution in [3.63, 3.8) is 0 Å². The van der Waals surface area contributed by atoms with E-state index >= 15 is 0 Å². The van der Waals surface area contributed by atoms with Gasteiger partial charge in [-0.05, 0) is 37.1 Å². The number of aromatic nitrogens is 4. The molecule has 0 aliphatic heterocycles. The Morgan fingerprint density at radius 2 is 2.04 bits per heavy atom. The van der Waals surface area contributed by atoms with E-state index in [4.69, 9.17) is 4.74 Å². The molecular weight excluding hydrogens is 353 g/mol. The number of rotatable bonds is 4. The summed E-state index contributed by atoms with van der Waals surface area (Å²) in [6.07, 6.45) is 1.75. The van der Waals surface area contributed by atoms with Crippen molar-refractivity contribution in [3.8, 4) is 5.75 Å². The average Bonchev–Trinajstić information content (AvgIpc) is 3.03. The second-order valence-corrected chi connectivity index (χ2v) is 6.95. The molecule has 0 saturated carbocycles. The fraction of sp³-hybridized carbons (Fsp3) is 0.222.